The van der Waals surface area contributed by atoms with E-state index in [4.69, 9.17) is 4.74 Å². The molecule has 9 heteroatoms. The first-order valence-electron chi connectivity index (χ1n) is 11.7. The number of esters is 1. The second-order valence-corrected chi connectivity index (χ2v) is 9.68. The number of nitro groups is 1. The third-order valence-corrected chi connectivity index (χ3v) is 7.35. The van der Waals surface area contributed by atoms with Crippen LogP contribution in [0.3, 0.4) is 0 Å². The SMILES string of the molecule is CCOC(=O)C1=C(C)N=c2s/c(=C\c3ccc(C)c([N+](=O)[O-])c3)c(=O)n2[C@@H]1c1cccc2ccccc12. The largest absolute Gasteiger partial charge is 0.463 e. The van der Waals surface area contributed by atoms with Crippen LogP contribution in [0.4, 0.5) is 5.69 Å². The molecule has 0 bridgehead atoms. The molecule has 1 atom stereocenters. The second kappa shape index (κ2) is 9.59. The Morgan fingerprint density at radius 3 is 2.68 bits per heavy atom. The number of hydrogen-bond donors (Lipinski definition) is 0. The van der Waals surface area contributed by atoms with Gasteiger partial charge in [-0.2, -0.15) is 0 Å². The number of hydrogen-bond acceptors (Lipinski definition) is 7. The zero-order valence-electron chi connectivity index (χ0n) is 20.4. The van der Waals surface area contributed by atoms with Crippen molar-refractivity contribution in [3.8, 4) is 0 Å². The van der Waals surface area contributed by atoms with Crippen LogP contribution >= 0.6 is 11.3 Å². The Labute approximate surface area is 215 Å². The van der Waals surface area contributed by atoms with E-state index >= 15 is 0 Å². The number of thiazole rings is 1. The van der Waals surface area contributed by atoms with Crippen molar-refractivity contribution < 1.29 is 14.5 Å². The quantitative estimate of drug-likeness (QED) is 0.226. The number of benzene rings is 3. The average Bonchev–Trinajstić information content (AvgIpc) is 3.18. The van der Waals surface area contributed by atoms with E-state index in [1.54, 1.807) is 39.0 Å². The Bertz CT molecular complexity index is 1790. The number of aryl methyl sites for hydroxylation is 1. The first-order chi connectivity index (χ1) is 17.8. The number of fused-ring (bicyclic) bond motifs is 2. The van der Waals surface area contributed by atoms with Crippen LogP contribution in [0.5, 0.6) is 0 Å². The maximum Gasteiger partial charge on any atom is 0.338 e. The van der Waals surface area contributed by atoms with E-state index in [0.29, 0.717) is 31.7 Å². The number of carbonyl (C=O) groups excluding carboxylic acids is 1. The lowest BCUT2D eigenvalue weighted by atomic mass is 9.91. The number of carbonyl (C=O) groups is 1. The van der Waals surface area contributed by atoms with E-state index in [9.17, 15) is 19.7 Å². The van der Waals surface area contributed by atoms with Crippen LogP contribution in [-0.4, -0.2) is 22.1 Å². The zero-order chi connectivity index (χ0) is 26.3. The molecule has 5 rings (SSSR count). The summed E-state index contributed by atoms with van der Waals surface area (Å²) < 4.78 is 7.27. The van der Waals surface area contributed by atoms with Crippen LogP contribution in [0, 0.1) is 17.0 Å². The van der Waals surface area contributed by atoms with E-state index in [-0.39, 0.29) is 17.9 Å². The molecule has 0 spiro atoms. The number of nitro benzene ring substituents is 1. The standard InChI is InChI=1S/C28H23N3O5S/c1-4-36-27(33)24-17(3)29-28-30(25(24)21-11-7-9-19-8-5-6-10-20(19)21)26(32)23(37-28)15-18-13-12-16(2)22(14-18)31(34)35/h5-15,25H,4H2,1-3H3/b23-15-/t25-/m1/s1. The van der Waals surface area contributed by atoms with Gasteiger partial charge < -0.3 is 4.74 Å². The summed E-state index contributed by atoms with van der Waals surface area (Å²) in [6, 6.07) is 17.7. The normalized spacial score (nSPS) is 15.4. The van der Waals surface area contributed by atoms with Gasteiger partial charge in [0.05, 0.1) is 33.4 Å². The third-order valence-electron chi connectivity index (χ3n) is 6.36. The van der Waals surface area contributed by atoms with Crippen molar-refractivity contribution in [3.63, 3.8) is 0 Å². The summed E-state index contributed by atoms with van der Waals surface area (Å²) in [4.78, 5) is 43.0. The van der Waals surface area contributed by atoms with Crippen molar-refractivity contribution in [2.24, 2.45) is 4.99 Å². The molecular weight excluding hydrogens is 490 g/mol. The molecule has 8 nitrogen and oxygen atoms in total. The van der Waals surface area contributed by atoms with Gasteiger partial charge in [0, 0.05) is 11.6 Å². The minimum absolute atomic E-state index is 0.0180. The zero-order valence-corrected chi connectivity index (χ0v) is 21.2. The first kappa shape index (κ1) is 24.3. The van der Waals surface area contributed by atoms with Crippen LogP contribution in [0.2, 0.25) is 0 Å². The number of nitrogens with zero attached hydrogens (tertiary/aromatic N) is 3. The summed E-state index contributed by atoms with van der Waals surface area (Å²) in [6.07, 6.45) is 1.62. The summed E-state index contributed by atoms with van der Waals surface area (Å²) in [6.45, 7) is 5.33. The second-order valence-electron chi connectivity index (χ2n) is 8.67. The van der Waals surface area contributed by atoms with E-state index in [1.165, 1.54) is 22.0 Å². The van der Waals surface area contributed by atoms with Gasteiger partial charge in [0.2, 0.25) is 0 Å². The Balaban J connectivity index is 1.78. The molecule has 1 aromatic heterocycles. The van der Waals surface area contributed by atoms with Crippen LogP contribution in [0.1, 0.15) is 36.6 Å². The van der Waals surface area contributed by atoms with Gasteiger partial charge in [-0.1, -0.05) is 65.9 Å². The molecule has 0 fully saturated rings. The highest BCUT2D eigenvalue weighted by Crippen LogP contribution is 2.34. The van der Waals surface area contributed by atoms with E-state index < -0.39 is 16.9 Å². The van der Waals surface area contributed by atoms with Gasteiger partial charge >= 0.3 is 5.97 Å². The fraction of sp³-hybridized carbons (Fsp3) is 0.179. The summed E-state index contributed by atoms with van der Waals surface area (Å²) in [7, 11) is 0. The Morgan fingerprint density at radius 2 is 1.92 bits per heavy atom. The van der Waals surface area contributed by atoms with Crippen molar-refractivity contribution in [1.29, 1.82) is 0 Å². The van der Waals surface area contributed by atoms with Gasteiger partial charge in [0.1, 0.15) is 0 Å². The highest BCUT2D eigenvalue weighted by Gasteiger charge is 2.34. The van der Waals surface area contributed by atoms with Gasteiger partial charge in [-0.3, -0.25) is 19.5 Å². The topological polar surface area (TPSA) is 104 Å². The Hall–Kier alpha value is -4.37. The molecule has 0 N–H and O–H groups in total. The molecule has 186 valence electrons. The van der Waals surface area contributed by atoms with Crippen molar-refractivity contribution in [2.75, 3.05) is 6.61 Å². The lowest BCUT2D eigenvalue weighted by Gasteiger charge is -2.25. The molecule has 0 saturated heterocycles. The van der Waals surface area contributed by atoms with Crippen LogP contribution in [-0.2, 0) is 9.53 Å². The van der Waals surface area contributed by atoms with E-state index in [1.807, 2.05) is 42.5 Å². The van der Waals surface area contributed by atoms with Crippen molar-refractivity contribution in [1.82, 2.24) is 4.57 Å². The average molecular weight is 514 g/mol. The number of aromatic nitrogens is 1. The molecule has 1 aliphatic rings. The molecule has 4 aromatic rings. The maximum absolute atomic E-state index is 13.8. The maximum atomic E-state index is 13.8. The predicted molar refractivity (Wildman–Crippen MR) is 142 cm³/mol. The van der Waals surface area contributed by atoms with Gasteiger partial charge in [-0.25, -0.2) is 9.79 Å². The molecule has 0 unspecified atom stereocenters. The van der Waals surface area contributed by atoms with Gasteiger partial charge in [-0.15, -0.1) is 0 Å². The highest BCUT2D eigenvalue weighted by molar-refractivity contribution is 7.07. The fourth-order valence-corrected chi connectivity index (χ4v) is 5.69. The Kier molecular flexibility index (Phi) is 6.31. The molecule has 0 radical (unpaired) electrons. The summed E-state index contributed by atoms with van der Waals surface area (Å²) in [5, 5.41) is 13.3. The number of allylic oxidation sites excluding steroid dienone is 1. The third kappa shape index (κ3) is 4.27. The van der Waals surface area contributed by atoms with Crippen LogP contribution in [0.25, 0.3) is 16.8 Å². The van der Waals surface area contributed by atoms with Crippen LogP contribution < -0.4 is 14.9 Å². The fourth-order valence-electron chi connectivity index (χ4n) is 4.64. The molecule has 3 aromatic carbocycles. The molecule has 2 heterocycles. The van der Waals surface area contributed by atoms with Crippen LogP contribution in [0.15, 0.2) is 81.7 Å². The number of ether oxygens (including phenoxy) is 1. The van der Waals surface area contributed by atoms with Gasteiger partial charge in [0.15, 0.2) is 4.80 Å². The van der Waals surface area contributed by atoms with Crippen molar-refractivity contribution in [3.05, 3.63) is 118 Å². The van der Waals surface area contributed by atoms with Gasteiger partial charge in [0.25, 0.3) is 11.2 Å². The van der Waals surface area contributed by atoms with Crippen molar-refractivity contribution >= 4 is 39.8 Å². The smallest absolute Gasteiger partial charge is 0.338 e. The molecule has 0 saturated carbocycles. The van der Waals surface area contributed by atoms with E-state index in [2.05, 4.69) is 4.99 Å². The Morgan fingerprint density at radius 1 is 1.16 bits per heavy atom. The molecule has 0 aliphatic carbocycles. The van der Waals surface area contributed by atoms with Crippen molar-refractivity contribution in [2.45, 2.75) is 26.8 Å². The lowest BCUT2D eigenvalue weighted by Crippen LogP contribution is -2.40. The summed E-state index contributed by atoms with van der Waals surface area (Å²) in [5.41, 5.74) is 2.29. The summed E-state index contributed by atoms with van der Waals surface area (Å²) in [5.74, 6) is -0.523. The van der Waals surface area contributed by atoms with E-state index in [0.717, 1.165) is 16.3 Å². The van der Waals surface area contributed by atoms with Gasteiger partial charge in [-0.05, 0) is 48.7 Å². The molecular formula is C28H23N3O5S. The first-order valence-corrected chi connectivity index (χ1v) is 12.5. The number of rotatable bonds is 5. The highest BCUT2D eigenvalue weighted by atomic mass is 32.1. The molecule has 37 heavy (non-hydrogen) atoms. The lowest BCUT2D eigenvalue weighted by molar-refractivity contribution is -0.385. The minimum Gasteiger partial charge on any atom is -0.463 e. The molecule has 0 amide bonds. The molecule has 1 aliphatic heterocycles. The predicted octanol–water partition coefficient (Wildman–Crippen LogP) is 4.17. The summed E-state index contributed by atoms with van der Waals surface area (Å²) >= 11 is 1.18. The monoisotopic (exact) mass is 513 g/mol. The minimum atomic E-state index is -0.740.